The molecule has 2 rings (SSSR count). The molecule has 1 aromatic heterocycles. The summed E-state index contributed by atoms with van der Waals surface area (Å²) in [6.07, 6.45) is -0.0798. The lowest BCUT2D eigenvalue weighted by Crippen LogP contribution is -2.22. The van der Waals surface area contributed by atoms with Gasteiger partial charge in [0.2, 0.25) is 17.7 Å². The largest absolute Gasteiger partial charge is 0.492 e. The fourth-order valence-corrected chi connectivity index (χ4v) is 1.56. The van der Waals surface area contributed by atoms with Crippen molar-refractivity contribution in [2.24, 2.45) is 0 Å². The van der Waals surface area contributed by atoms with Gasteiger partial charge < -0.3 is 16.2 Å². The number of aromatic amines is 1. The molecule has 7 nitrogen and oxygen atoms in total. The van der Waals surface area contributed by atoms with Crippen molar-refractivity contribution < 1.29 is 14.3 Å². The van der Waals surface area contributed by atoms with Crippen LogP contribution in [0.1, 0.15) is 5.56 Å². The van der Waals surface area contributed by atoms with Gasteiger partial charge in [0.1, 0.15) is 5.82 Å². The maximum atomic E-state index is 12.7. The van der Waals surface area contributed by atoms with Gasteiger partial charge in [-0.15, -0.1) is 0 Å². The van der Waals surface area contributed by atoms with Crippen molar-refractivity contribution in [2.45, 2.75) is 6.42 Å². The number of nitrogens with two attached hydrogens (primary N) is 1. The number of nitrogens with zero attached hydrogens (tertiary/aromatic N) is 1. The summed E-state index contributed by atoms with van der Waals surface area (Å²) in [4.78, 5) is 28.8. The van der Waals surface area contributed by atoms with Crippen molar-refractivity contribution in [1.29, 1.82) is 0 Å². The summed E-state index contributed by atoms with van der Waals surface area (Å²) in [6.45, 7) is 0. The Kier molecular flexibility index (Phi) is 3.65. The molecule has 0 saturated heterocycles. The van der Waals surface area contributed by atoms with Gasteiger partial charge in [-0.05, 0) is 17.7 Å². The molecule has 104 valence electrons. The van der Waals surface area contributed by atoms with Crippen LogP contribution in [0.4, 0.5) is 16.0 Å². The molecule has 0 aliphatic heterocycles. The first-order valence-electron chi connectivity index (χ1n) is 5.59. The Hall–Kier alpha value is -2.90. The van der Waals surface area contributed by atoms with E-state index in [-0.39, 0.29) is 18.1 Å². The third-order valence-corrected chi connectivity index (χ3v) is 2.46. The minimum atomic E-state index is -0.762. The number of carbonyl (C=O) groups is 1. The number of H-pyrrole nitrogens is 1. The molecule has 8 heteroatoms. The van der Waals surface area contributed by atoms with E-state index >= 15 is 0 Å². The van der Waals surface area contributed by atoms with Gasteiger partial charge in [0.05, 0.1) is 6.42 Å². The van der Waals surface area contributed by atoms with Gasteiger partial charge in [0.15, 0.2) is 5.69 Å². The van der Waals surface area contributed by atoms with Crippen LogP contribution >= 0.6 is 0 Å². The van der Waals surface area contributed by atoms with Crippen LogP contribution in [0.2, 0.25) is 0 Å². The fraction of sp³-hybridized carbons (Fsp3) is 0.0833. The molecule has 0 saturated carbocycles. The third-order valence-electron chi connectivity index (χ3n) is 2.46. The van der Waals surface area contributed by atoms with Crippen LogP contribution < -0.4 is 16.6 Å². The summed E-state index contributed by atoms with van der Waals surface area (Å²) in [6, 6.07) is 5.33. The van der Waals surface area contributed by atoms with E-state index in [9.17, 15) is 19.1 Å². The standard InChI is InChI=1S/C12H11FN4O3/c13-7-3-1-6(2-4-7)5-8(18)15-9-10(19)16-12(14)17-11(9)20/h1-4H,5H2,(H,15,18)(H4,14,16,17,19,20). The second kappa shape index (κ2) is 5.39. The molecule has 0 spiro atoms. The Morgan fingerprint density at radius 3 is 2.65 bits per heavy atom. The lowest BCUT2D eigenvalue weighted by molar-refractivity contribution is -0.115. The highest BCUT2D eigenvalue weighted by molar-refractivity contribution is 5.93. The van der Waals surface area contributed by atoms with Crippen molar-refractivity contribution >= 4 is 17.5 Å². The summed E-state index contributed by atoms with van der Waals surface area (Å²) in [5.41, 5.74) is 4.64. The Bertz CT molecular complexity index is 697. The number of nitrogen functional groups attached to an aromatic ring is 1. The first-order chi connectivity index (χ1) is 9.45. The Labute approximate surface area is 112 Å². The minimum Gasteiger partial charge on any atom is -0.492 e. The van der Waals surface area contributed by atoms with Crippen molar-refractivity contribution in [3.8, 4) is 5.88 Å². The van der Waals surface area contributed by atoms with Crippen LogP contribution in [0.25, 0.3) is 0 Å². The van der Waals surface area contributed by atoms with Gasteiger partial charge in [0.25, 0.3) is 5.56 Å². The van der Waals surface area contributed by atoms with Gasteiger partial charge in [0, 0.05) is 0 Å². The number of amides is 1. The van der Waals surface area contributed by atoms with Gasteiger partial charge in [-0.2, -0.15) is 4.98 Å². The smallest absolute Gasteiger partial charge is 0.280 e. The monoisotopic (exact) mass is 278 g/mol. The van der Waals surface area contributed by atoms with Crippen molar-refractivity contribution in [2.75, 3.05) is 11.1 Å². The number of aromatic nitrogens is 2. The first kappa shape index (κ1) is 13.5. The number of rotatable bonds is 3. The zero-order valence-corrected chi connectivity index (χ0v) is 10.2. The molecule has 20 heavy (non-hydrogen) atoms. The van der Waals surface area contributed by atoms with Crippen LogP contribution in [0, 0.1) is 5.82 Å². The van der Waals surface area contributed by atoms with Crippen molar-refractivity contribution in [1.82, 2.24) is 9.97 Å². The van der Waals surface area contributed by atoms with Crippen LogP contribution in [0.15, 0.2) is 29.1 Å². The number of anilines is 2. The molecule has 5 N–H and O–H groups in total. The number of aromatic hydroxyl groups is 1. The highest BCUT2D eigenvalue weighted by Crippen LogP contribution is 2.15. The van der Waals surface area contributed by atoms with Gasteiger partial charge >= 0.3 is 0 Å². The van der Waals surface area contributed by atoms with Crippen LogP contribution in [-0.2, 0) is 11.2 Å². The summed E-state index contributed by atoms with van der Waals surface area (Å²) in [5, 5.41) is 11.7. The van der Waals surface area contributed by atoms with Crippen LogP contribution in [-0.4, -0.2) is 21.0 Å². The van der Waals surface area contributed by atoms with E-state index in [1.165, 1.54) is 24.3 Å². The van der Waals surface area contributed by atoms with Crippen LogP contribution in [0.5, 0.6) is 5.88 Å². The SMILES string of the molecule is Nc1nc(O)c(NC(=O)Cc2ccc(F)cc2)c(=O)[nH]1. The molecule has 1 heterocycles. The normalized spacial score (nSPS) is 10.2. The minimum absolute atomic E-state index is 0.0798. The Morgan fingerprint density at radius 2 is 2.05 bits per heavy atom. The zero-order valence-electron chi connectivity index (χ0n) is 10.2. The molecule has 1 aromatic carbocycles. The molecule has 0 fully saturated rings. The van der Waals surface area contributed by atoms with E-state index in [0.717, 1.165) is 0 Å². The van der Waals surface area contributed by atoms with Crippen LogP contribution in [0.3, 0.4) is 0 Å². The van der Waals surface area contributed by atoms with E-state index in [4.69, 9.17) is 5.73 Å². The van der Waals surface area contributed by atoms with E-state index in [1.54, 1.807) is 0 Å². The number of hydrogen-bond donors (Lipinski definition) is 4. The van der Waals surface area contributed by atoms with E-state index < -0.39 is 23.2 Å². The maximum Gasteiger partial charge on any atom is 0.280 e. The molecule has 0 bridgehead atoms. The highest BCUT2D eigenvalue weighted by atomic mass is 19.1. The van der Waals surface area contributed by atoms with E-state index in [0.29, 0.717) is 5.56 Å². The molecule has 0 atom stereocenters. The van der Waals surface area contributed by atoms with E-state index in [1.807, 2.05) is 0 Å². The summed E-state index contributed by atoms with van der Waals surface area (Å²) >= 11 is 0. The molecule has 0 aliphatic rings. The fourth-order valence-electron chi connectivity index (χ4n) is 1.56. The Balaban J connectivity index is 2.12. The number of benzene rings is 1. The highest BCUT2D eigenvalue weighted by Gasteiger charge is 2.13. The quantitative estimate of drug-likeness (QED) is 0.646. The molecule has 0 aliphatic carbocycles. The molecular formula is C12H11FN4O3. The molecule has 0 unspecified atom stereocenters. The van der Waals surface area contributed by atoms with Gasteiger partial charge in [-0.25, -0.2) is 4.39 Å². The number of halogens is 1. The molecular weight excluding hydrogens is 267 g/mol. The maximum absolute atomic E-state index is 12.7. The third kappa shape index (κ3) is 3.10. The van der Waals surface area contributed by atoms with Gasteiger partial charge in [-0.3, -0.25) is 14.6 Å². The lowest BCUT2D eigenvalue weighted by Gasteiger charge is -2.06. The Morgan fingerprint density at radius 1 is 1.40 bits per heavy atom. The van der Waals surface area contributed by atoms with Crippen molar-refractivity contribution in [3.63, 3.8) is 0 Å². The molecule has 0 radical (unpaired) electrons. The zero-order chi connectivity index (χ0) is 14.7. The predicted octanol–water partition coefficient (Wildman–Crippen LogP) is 0.378. The number of hydrogen-bond acceptors (Lipinski definition) is 5. The lowest BCUT2D eigenvalue weighted by atomic mass is 10.1. The second-order valence-corrected chi connectivity index (χ2v) is 4.00. The predicted molar refractivity (Wildman–Crippen MR) is 69.7 cm³/mol. The number of carbonyl (C=O) groups excluding carboxylic acids is 1. The molecule has 2 aromatic rings. The van der Waals surface area contributed by atoms with E-state index in [2.05, 4.69) is 15.3 Å². The average Bonchev–Trinajstić information content (AvgIpc) is 2.36. The summed E-state index contributed by atoms with van der Waals surface area (Å²) in [7, 11) is 0. The number of nitrogens with one attached hydrogen (secondary N) is 2. The van der Waals surface area contributed by atoms with Gasteiger partial charge in [-0.1, -0.05) is 12.1 Å². The average molecular weight is 278 g/mol. The first-order valence-corrected chi connectivity index (χ1v) is 5.59. The topological polar surface area (TPSA) is 121 Å². The summed E-state index contributed by atoms with van der Waals surface area (Å²) < 4.78 is 12.7. The summed E-state index contributed by atoms with van der Waals surface area (Å²) in [5.74, 6) is -1.89. The second-order valence-electron chi connectivity index (χ2n) is 4.00. The van der Waals surface area contributed by atoms with Crippen molar-refractivity contribution in [3.05, 3.63) is 46.0 Å². The molecule has 1 amide bonds.